The van der Waals surface area contributed by atoms with Gasteiger partial charge in [-0.2, -0.15) is 5.10 Å². The number of ether oxygens (including phenoxy) is 2. The minimum absolute atomic E-state index is 0.0472. The van der Waals surface area contributed by atoms with Gasteiger partial charge in [-0.25, -0.2) is 4.68 Å². The summed E-state index contributed by atoms with van der Waals surface area (Å²) in [7, 11) is 1.41. The van der Waals surface area contributed by atoms with Gasteiger partial charge in [0.25, 0.3) is 5.56 Å². The van der Waals surface area contributed by atoms with Crippen LogP contribution in [0.25, 0.3) is 0 Å². The van der Waals surface area contributed by atoms with E-state index in [9.17, 15) is 14.4 Å². The van der Waals surface area contributed by atoms with E-state index in [1.165, 1.54) is 17.9 Å². The van der Waals surface area contributed by atoms with Gasteiger partial charge in [0.2, 0.25) is 5.91 Å². The first kappa shape index (κ1) is 22.3. The fourth-order valence-corrected chi connectivity index (χ4v) is 4.72. The van der Waals surface area contributed by atoms with Gasteiger partial charge in [0, 0.05) is 17.5 Å². The SMILES string of the molecule is COC(=O)C12CCC(NC(=O)Cn3nc(C(C)C)c(OCC(C)C)cc3=O)(CC1)C2. The van der Waals surface area contributed by atoms with E-state index in [0.29, 0.717) is 30.4 Å². The highest BCUT2D eigenvalue weighted by atomic mass is 16.5. The van der Waals surface area contributed by atoms with Crippen molar-refractivity contribution in [3.05, 3.63) is 22.1 Å². The van der Waals surface area contributed by atoms with Crippen LogP contribution in [0.15, 0.2) is 10.9 Å². The van der Waals surface area contributed by atoms with E-state index in [4.69, 9.17) is 9.47 Å². The van der Waals surface area contributed by atoms with Gasteiger partial charge in [-0.05, 0) is 38.0 Å². The molecule has 2 saturated carbocycles. The Kier molecular flexibility index (Phi) is 6.24. The molecule has 2 fully saturated rings. The van der Waals surface area contributed by atoms with E-state index < -0.39 is 11.0 Å². The Hall–Kier alpha value is -2.38. The van der Waals surface area contributed by atoms with Crippen molar-refractivity contribution in [2.45, 2.75) is 77.8 Å². The molecule has 0 aromatic carbocycles. The number of nitrogens with one attached hydrogen (secondary N) is 1. The van der Waals surface area contributed by atoms with Crippen LogP contribution in [-0.4, -0.2) is 40.9 Å². The summed E-state index contributed by atoms with van der Waals surface area (Å²) in [6.07, 6.45) is 3.53. The van der Waals surface area contributed by atoms with E-state index in [-0.39, 0.29) is 29.9 Å². The molecule has 1 amide bonds. The number of amides is 1. The standard InChI is InChI=1S/C22H33N3O5/c1-14(2)12-30-16-10-18(27)25(24-19(16)15(3)4)11-17(26)23-22-8-6-21(13-22,7-9-22)20(28)29-5/h10,14-15H,6-9,11-13H2,1-5H3,(H,23,26). The minimum Gasteiger partial charge on any atom is -0.491 e. The molecule has 0 unspecified atom stereocenters. The highest BCUT2D eigenvalue weighted by Gasteiger charge is 2.59. The molecule has 2 bridgehead atoms. The van der Waals surface area contributed by atoms with Gasteiger partial charge in [0.1, 0.15) is 18.0 Å². The number of carbonyl (C=O) groups is 2. The molecule has 2 aliphatic rings. The number of esters is 1. The Morgan fingerprint density at radius 2 is 1.87 bits per heavy atom. The molecule has 8 nitrogen and oxygen atoms in total. The van der Waals surface area contributed by atoms with Gasteiger partial charge < -0.3 is 14.8 Å². The molecule has 0 saturated heterocycles. The second-order valence-electron chi connectivity index (χ2n) is 9.53. The first-order chi connectivity index (χ1) is 14.1. The van der Waals surface area contributed by atoms with Crippen LogP contribution in [0.4, 0.5) is 0 Å². The molecule has 3 rings (SSSR count). The van der Waals surface area contributed by atoms with Crippen molar-refractivity contribution >= 4 is 11.9 Å². The first-order valence-electron chi connectivity index (χ1n) is 10.7. The number of aromatic nitrogens is 2. The molecule has 1 heterocycles. The normalized spacial score (nSPS) is 25.0. The van der Waals surface area contributed by atoms with Crippen LogP contribution >= 0.6 is 0 Å². The van der Waals surface area contributed by atoms with Crippen molar-refractivity contribution in [2.75, 3.05) is 13.7 Å². The number of nitrogens with zero attached hydrogens (tertiary/aromatic N) is 2. The largest absolute Gasteiger partial charge is 0.491 e. The van der Waals surface area contributed by atoms with Crippen LogP contribution < -0.4 is 15.6 Å². The van der Waals surface area contributed by atoms with Crippen molar-refractivity contribution < 1.29 is 19.1 Å². The average Bonchev–Trinajstić information content (AvgIpc) is 3.23. The maximum Gasteiger partial charge on any atom is 0.311 e. The molecule has 166 valence electrons. The van der Waals surface area contributed by atoms with Gasteiger partial charge in [0.05, 0.1) is 19.1 Å². The van der Waals surface area contributed by atoms with Crippen LogP contribution in [-0.2, 0) is 20.9 Å². The summed E-state index contributed by atoms with van der Waals surface area (Å²) in [6, 6.07) is 1.42. The van der Waals surface area contributed by atoms with Crippen LogP contribution in [0.2, 0.25) is 0 Å². The summed E-state index contributed by atoms with van der Waals surface area (Å²) >= 11 is 0. The maximum absolute atomic E-state index is 12.8. The van der Waals surface area contributed by atoms with Crippen LogP contribution in [0, 0.1) is 11.3 Å². The second kappa shape index (κ2) is 8.40. The Balaban J connectivity index is 1.72. The minimum atomic E-state index is -0.475. The summed E-state index contributed by atoms with van der Waals surface area (Å²) in [6.45, 7) is 8.36. The topological polar surface area (TPSA) is 99.5 Å². The Morgan fingerprint density at radius 1 is 1.20 bits per heavy atom. The lowest BCUT2D eigenvalue weighted by Crippen LogP contribution is -2.47. The zero-order valence-electron chi connectivity index (χ0n) is 18.6. The molecule has 2 aliphatic carbocycles. The monoisotopic (exact) mass is 419 g/mol. The van der Waals surface area contributed by atoms with Crippen molar-refractivity contribution in [3.8, 4) is 5.75 Å². The predicted molar refractivity (Wildman–Crippen MR) is 111 cm³/mol. The Morgan fingerprint density at radius 3 is 2.43 bits per heavy atom. The molecule has 1 N–H and O–H groups in total. The first-order valence-corrected chi connectivity index (χ1v) is 10.7. The lowest BCUT2D eigenvalue weighted by atomic mass is 9.84. The van der Waals surface area contributed by atoms with Crippen molar-refractivity contribution in [3.63, 3.8) is 0 Å². The number of methoxy groups -OCH3 is 1. The van der Waals surface area contributed by atoms with Crippen LogP contribution in [0.1, 0.15) is 71.4 Å². The molecule has 0 atom stereocenters. The van der Waals surface area contributed by atoms with E-state index >= 15 is 0 Å². The van der Waals surface area contributed by atoms with Gasteiger partial charge >= 0.3 is 5.97 Å². The van der Waals surface area contributed by atoms with Gasteiger partial charge in [-0.3, -0.25) is 14.4 Å². The van der Waals surface area contributed by atoms with Gasteiger partial charge in [0.15, 0.2) is 0 Å². The van der Waals surface area contributed by atoms with Crippen LogP contribution in [0.3, 0.4) is 0 Å². The van der Waals surface area contributed by atoms with Crippen molar-refractivity contribution in [1.82, 2.24) is 15.1 Å². The quantitative estimate of drug-likeness (QED) is 0.650. The molecule has 0 radical (unpaired) electrons. The highest BCUT2D eigenvalue weighted by Crippen LogP contribution is 2.57. The molecule has 8 heteroatoms. The van der Waals surface area contributed by atoms with Crippen molar-refractivity contribution in [1.29, 1.82) is 0 Å². The van der Waals surface area contributed by atoms with E-state index in [0.717, 1.165) is 25.7 Å². The number of hydrogen-bond donors (Lipinski definition) is 1. The summed E-state index contributed by atoms with van der Waals surface area (Å²) in [5, 5.41) is 7.51. The maximum atomic E-state index is 12.8. The number of hydrogen-bond acceptors (Lipinski definition) is 6. The molecule has 30 heavy (non-hydrogen) atoms. The number of carbonyl (C=O) groups excluding carboxylic acids is 2. The number of fused-ring (bicyclic) bond motifs is 2. The molecular weight excluding hydrogens is 386 g/mol. The fraction of sp³-hybridized carbons (Fsp3) is 0.727. The Labute approximate surface area is 177 Å². The van der Waals surface area contributed by atoms with Crippen LogP contribution in [0.5, 0.6) is 5.75 Å². The highest BCUT2D eigenvalue weighted by molar-refractivity contribution is 5.80. The van der Waals surface area contributed by atoms with E-state index in [1.54, 1.807) is 0 Å². The Bertz CT molecular complexity index is 866. The zero-order valence-corrected chi connectivity index (χ0v) is 18.6. The molecule has 0 spiro atoms. The third-order valence-electron chi connectivity index (χ3n) is 6.27. The van der Waals surface area contributed by atoms with Gasteiger partial charge in [-0.15, -0.1) is 0 Å². The summed E-state index contributed by atoms with van der Waals surface area (Å²) < 4.78 is 11.9. The third-order valence-corrected chi connectivity index (χ3v) is 6.27. The van der Waals surface area contributed by atoms with Crippen molar-refractivity contribution in [2.24, 2.45) is 11.3 Å². The molecule has 0 aliphatic heterocycles. The third kappa shape index (κ3) is 4.37. The summed E-state index contributed by atoms with van der Waals surface area (Å²) in [5.74, 6) is 0.400. The molecular formula is C22H33N3O5. The average molecular weight is 420 g/mol. The second-order valence-corrected chi connectivity index (χ2v) is 9.53. The van der Waals surface area contributed by atoms with E-state index in [2.05, 4.69) is 10.4 Å². The summed E-state index contributed by atoms with van der Waals surface area (Å²) in [5.41, 5.74) is -0.576. The molecule has 1 aromatic rings. The summed E-state index contributed by atoms with van der Waals surface area (Å²) in [4.78, 5) is 37.5. The lowest BCUT2D eigenvalue weighted by Gasteiger charge is -2.28. The zero-order chi connectivity index (χ0) is 22.1. The predicted octanol–water partition coefficient (Wildman–Crippen LogP) is 2.39. The lowest BCUT2D eigenvalue weighted by molar-refractivity contribution is -0.152. The van der Waals surface area contributed by atoms with E-state index in [1.807, 2.05) is 27.7 Å². The van der Waals surface area contributed by atoms with Gasteiger partial charge in [-0.1, -0.05) is 27.7 Å². The molecule has 1 aromatic heterocycles. The smallest absolute Gasteiger partial charge is 0.311 e. The number of rotatable bonds is 8. The fourth-order valence-electron chi connectivity index (χ4n) is 4.72.